The fourth-order valence-corrected chi connectivity index (χ4v) is 2.80. The topological polar surface area (TPSA) is 68.3 Å². The molecule has 1 N–H and O–H groups in total. The van der Waals surface area contributed by atoms with E-state index < -0.39 is 18.5 Å². The molecule has 0 spiro atoms. The van der Waals surface area contributed by atoms with Crippen LogP contribution in [-0.4, -0.2) is 29.7 Å². The predicted molar refractivity (Wildman–Crippen MR) is 91.4 cm³/mol. The first-order valence-electron chi connectivity index (χ1n) is 6.41. The van der Waals surface area contributed by atoms with Gasteiger partial charge in [0.25, 0.3) is 5.91 Å². The molecule has 1 heterocycles. The average Bonchev–Trinajstić information content (AvgIpc) is 2.51. The molecule has 2 rings (SSSR count). The summed E-state index contributed by atoms with van der Waals surface area (Å²) in [7, 11) is 0. The molecule has 0 aliphatic rings. The first-order chi connectivity index (χ1) is 11.0. The molecule has 1 aromatic carbocycles. The second kappa shape index (κ2) is 8.19. The van der Waals surface area contributed by atoms with E-state index in [9.17, 15) is 9.59 Å². The lowest BCUT2D eigenvalue weighted by atomic mass is 10.3. The van der Waals surface area contributed by atoms with Crippen LogP contribution in [0.2, 0.25) is 10.0 Å². The highest BCUT2D eigenvalue weighted by Crippen LogP contribution is 2.22. The van der Waals surface area contributed by atoms with Crippen molar-refractivity contribution in [3.05, 3.63) is 52.1 Å². The number of thioether (sulfide) groups is 1. The van der Waals surface area contributed by atoms with Gasteiger partial charge in [-0.15, -0.1) is 11.8 Å². The molecule has 23 heavy (non-hydrogen) atoms. The second-order valence-corrected chi connectivity index (χ2v) is 6.01. The SMILES string of the molecule is CSc1ncccc1C(=O)OCC(=O)Nc1cc(Cl)cc(Cl)c1. The molecule has 0 aliphatic carbocycles. The third-order valence-corrected chi connectivity index (χ3v) is 3.81. The summed E-state index contributed by atoms with van der Waals surface area (Å²) in [4.78, 5) is 27.9. The van der Waals surface area contributed by atoms with Crippen LogP contribution in [0, 0.1) is 0 Å². The minimum Gasteiger partial charge on any atom is -0.452 e. The molecule has 0 aliphatic heterocycles. The molecular weight excluding hydrogens is 359 g/mol. The fraction of sp³-hybridized carbons (Fsp3) is 0.133. The zero-order chi connectivity index (χ0) is 16.8. The van der Waals surface area contributed by atoms with Crippen molar-refractivity contribution in [3.63, 3.8) is 0 Å². The predicted octanol–water partition coefficient (Wildman–Crippen LogP) is 3.91. The maximum absolute atomic E-state index is 12.0. The van der Waals surface area contributed by atoms with Crippen molar-refractivity contribution >= 4 is 52.5 Å². The van der Waals surface area contributed by atoms with Gasteiger partial charge in [0.05, 0.1) is 5.56 Å². The number of anilines is 1. The maximum atomic E-state index is 12.0. The lowest BCUT2D eigenvalue weighted by molar-refractivity contribution is -0.119. The Morgan fingerprint density at radius 2 is 1.96 bits per heavy atom. The number of benzene rings is 1. The zero-order valence-electron chi connectivity index (χ0n) is 12.0. The van der Waals surface area contributed by atoms with Crippen LogP contribution < -0.4 is 5.32 Å². The van der Waals surface area contributed by atoms with E-state index in [1.807, 2.05) is 0 Å². The number of rotatable bonds is 5. The Hall–Kier alpha value is -1.76. The molecule has 0 fully saturated rings. The van der Waals surface area contributed by atoms with E-state index in [0.29, 0.717) is 26.3 Å². The van der Waals surface area contributed by atoms with Crippen LogP contribution in [0.15, 0.2) is 41.6 Å². The maximum Gasteiger partial charge on any atom is 0.341 e. The normalized spacial score (nSPS) is 10.2. The number of nitrogens with zero attached hydrogens (tertiary/aromatic N) is 1. The lowest BCUT2D eigenvalue weighted by Crippen LogP contribution is -2.21. The van der Waals surface area contributed by atoms with Crippen LogP contribution >= 0.6 is 35.0 Å². The van der Waals surface area contributed by atoms with Gasteiger partial charge in [-0.05, 0) is 36.6 Å². The van der Waals surface area contributed by atoms with Crippen molar-refractivity contribution in [2.75, 3.05) is 18.2 Å². The quantitative estimate of drug-likeness (QED) is 0.638. The van der Waals surface area contributed by atoms with Crippen LogP contribution in [0.5, 0.6) is 0 Å². The zero-order valence-corrected chi connectivity index (χ0v) is 14.3. The minimum atomic E-state index is -0.610. The monoisotopic (exact) mass is 370 g/mol. The molecule has 120 valence electrons. The molecule has 5 nitrogen and oxygen atoms in total. The summed E-state index contributed by atoms with van der Waals surface area (Å²) in [6.07, 6.45) is 3.38. The van der Waals surface area contributed by atoms with Gasteiger partial charge in [0.15, 0.2) is 6.61 Å². The molecule has 0 bridgehead atoms. The van der Waals surface area contributed by atoms with Gasteiger partial charge in [0, 0.05) is 21.9 Å². The first-order valence-corrected chi connectivity index (χ1v) is 8.39. The van der Waals surface area contributed by atoms with Crippen molar-refractivity contribution in [2.24, 2.45) is 0 Å². The summed E-state index contributed by atoms with van der Waals surface area (Å²) >= 11 is 13.0. The number of aromatic nitrogens is 1. The number of esters is 1. The van der Waals surface area contributed by atoms with Gasteiger partial charge in [0.2, 0.25) is 0 Å². The number of ether oxygens (including phenoxy) is 1. The van der Waals surface area contributed by atoms with Crippen LogP contribution in [0.3, 0.4) is 0 Å². The summed E-state index contributed by atoms with van der Waals surface area (Å²) in [6.45, 7) is -0.425. The number of halogens is 2. The number of hydrogen-bond donors (Lipinski definition) is 1. The fourth-order valence-electron chi connectivity index (χ4n) is 1.74. The Labute approximate surface area is 147 Å². The van der Waals surface area contributed by atoms with E-state index in [1.165, 1.54) is 11.8 Å². The van der Waals surface area contributed by atoms with Gasteiger partial charge < -0.3 is 10.1 Å². The highest BCUT2D eigenvalue weighted by molar-refractivity contribution is 7.98. The van der Waals surface area contributed by atoms with Gasteiger partial charge >= 0.3 is 5.97 Å². The van der Waals surface area contributed by atoms with Crippen molar-refractivity contribution in [1.82, 2.24) is 4.98 Å². The Morgan fingerprint density at radius 1 is 1.26 bits per heavy atom. The molecule has 1 amide bonds. The molecule has 0 atom stereocenters. The Kier molecular flexibility index (Phi) is 6.27. The summed E-state index contributed by atoms with van der Waals surface area (Å²) in [5.41, 5.74) is 0.744. The van der Waals surface area contributed by atoms with Crippen molar-refractivity contribution < 1.29 is 14.3 Å². The van der Waals surface area contributed by atoms with Crippen LogP contribution in [0.4, 0.5) is 5.69 Å². The van der Waals surface area contributed by atoms with E-state index in [2.05, 4.69) is 10.3 Å². The number of carbonyl (C=O) groups is 2. The number of hydrogen-bond acceptors (Lipinski definition) is 5. The van der Waals surface area contributed by atoms with E-state index in [0.717, 1.165) is 0 Å². The van der Waals surface area contributed by atoms with Gasteiger partial charge in [-0.1, -0.05) is 23.2 Å². The Bertz CT molecular complexity index is 720. The molecular formula is C15H12Cl2N2O3S. The van der Waals surface area contributed by atoms with Gasteiger partial charge in [-0.2, -0.15) is 0 Å². The van der Waals surface area contributed by atoms with E-state index in [4.69, 9.17) is 27.9 Å². The molecule has 0 saturated carbocycles. The molecule has 0 radical (unpaired) electrons. The smallest absolute Gasteiger partial charge is 0.341 e. The summed E-state index contributed by atoms with van der Waals surface area (Å²) < 4.78 is 4.99. The van der Waals surface area contributed by atoms with Crippen LogP contribution in [0.1, 0.15) is 10.4 Å². The van der Waals surface area contributed by atoms with E-state index >= 15 is 0 Å². The summed E-state index contributed by atoms with van der Waals surface area (Å²) in [5.74, 6) is -1.10. The van der Waals surface area contributed by atoms with Gasteiger partial charge in [-0.25, -0.2) is 9.78 Å². The van der Waals surface area contributed by atoms with Crippen LogP contribution in [0.25, 0.3) is 0 Å². The molecule has 0 saturated heterocycles. The van der Waals surface area contributed by atoms with E-state index in [-0.39, 0.29) is 0 Å². The van der Waals surface area contributed by atoms with Gasteiger partial charge in [0.1, 0.15) is 5.03 Å². The summed E-state index contributed by atoms with van der Waals surface area (Å²) in [6, 6.07) is 7.85. The highest BCUT2D eigenvalue weighted by atomic mass is 35.5. The number of amides is 1. The third kappa shape index (κ3) is 5.13. The Balaban J connectivity index is 1.95. The molecule has 0 unspecified atom stereocenters. The molecule has 1 aromatic heterocycles. The van der Waals surface area contributed by atoms with Gasteiger partial charge in [-0.3, -0.25) is 4.79 Å². The third-order valence-electron chi connectivity index (χ3n) is 2.67. The highest BCUT2D eigenvalue weighted by Gasteiger charge is 2.15. The van der Waals surface area contributed by atoms with Crippen molar-refractivity contribution in [1.29, 1.82) is 0 Å². The lowest BCUT2D eigenvalue weighted by Gasteiger charge is -2.08. The number of pyridine rings is 1. The number of nitrogens with one attached hydrogen (secondary N) is 1. The molecule has 8 heteroatoms. The molecule has 2 aromatic rings. The summed E-state index contributed by atoms with van der Waals surface area (Å²) in [5, 5.41) is 3.88. The van der Waals surface area contributed by atoms with Crippen LogP contribution in [-0.2, 0) is 9.53 Å². The van der Waals surface area contributed by atoms with Crippen molar-refractivity contribution in [2.45, 2.75) is 5.03 Å². The minimum absolute atomic E-state index is 0.318. The number of carbonyl (C=O) groups excluding carboxylic acids is 2. The van der Waals surface area contributed by atoms with E-state index in [1.54, 1.807) is 42.8 Å². The Morgan fingerprint density at radius 3 is 2.61 bits per heavy atom. The second-order valence-electron chi connectivity index (χ2n) is 4.34. The standard InChI is InChI=1S/C15H12Cl2N2O3S/c1-23-14-12(3-2-4-18-14)15(21)22-8-13(20)19-11-6-9(16)5-10(17)7-11/h2-7H,8H2,1H3,(H,19,20). The first kappa shape index (κ1) is 17.6. The van der Waals surface area contributed by atoms with Crippen molar-refractivity contribution in [3.8, 4) is 0 Å². The largest absolute Gasteiger partial charge is 0.452 e. The average molecular weight is 371 g/mol.